The standard InChI is InChI=1S/C9H5F6NO/c10-8(11,12)7(9(13,14)15)3-1-6(2-4-7)5-16-17/h1-3H,4H2/p+1. The monoisotopic (exact) mass is 258 g/mol. The normalized spacial score (nSPS) is 19.3. The SMILES string of the molecule is O[N+]#CC1=CCC(C(F)(F)F)(C(F)(F)F)C=C1. The molecule has 1 rings (SSSR count). The van der Waals surface area contributed by atoms with Crippen LogP contribution in [0.2, 0.25) is 0 Å². The van der Waals surface area contributed by atoms with Crippen LogP contribution in [-0.4, -0.2) is 17.6 Å². The zero-order valence-corrected chi connectivity index (χ0v) is 8.10. The predicted octanol–water partition coefficient (Wildman–Crippen LogP) is 3.71. The van der Waals surface area contributed by atoms with Gasteiger partial charge in [0.25, 0.3) is 0 Å². The van der Waals surface area contributed by atoms with E-state index in [0.29, 0.717) is 12.2 Å². The van der Waals surface area contributed by atoms with Crippen LogP contribution in [0, 0.1) is 11.5 Å². The molecule has 0 atom stereocenters. The van der Waals surface area contributed by atoms with Gasteiger partial charge in [-0.3, -0.25) is 0 Å². The van der Waals surface area contributed by atoms with E-state index >= 15 is 0 Å². The lowest BCUT2D eigenvalue weighted by Crippen LogP contribution is -2.48. The molecule has 1 aliphatic rings. The van der Waals surface area contributed by atoms with E-state index in [1.54, 1.807) is 0 Å². The maximum Gasteiger partial charge on any atom is 0.406 e. The van der Waals surface area contributed by atoms with Gasteiger partial charge in [-0.1, -0.05) is 12.2 Å². The number of hydrogen-bond donors (Lipinski definition) is 1. The van der Waals surface area contributed by atoms with Gasteiger partial charge in [0.05, 0.1) is 0 Å². The Balaban J connectivity index is 3.18. The third-order valence-electron chi connectivity index (χ3n) is 2.38. The first-order valence-corrected chi connectivity index (χ1v) is 4.27. The smallest absolute Gasteiger partial charge is 0.177 e. The summed E-state index contributed by atoms with van der Waals surface area (Å²) in [4.78, 5) is 0. The summed E-state index contributed by atoms with van der Waals surface area (Å²) in [6.07, 6.45) is -10.9. The number of alkyl halides is 6. The van der Waals surface area contributed by atoms with Crippen molar-refractivity contribution in [3.8, 4) is 6.07 Å². The Hall–Kier alpha value is -1.65. The lowest BCUT2D eigenvalue weighted by molar-refractivity contribution is -0.320. The molecule has 8 heteroatoms. The van der Waals surface area contributed by atoms with E-state index < -0.39 is 24.2 Å². The van der Waals surface area contributed by atoms with Crippen molar-refractivity contribution in [1.29, 1.82) is 0 Å². The predicted molar refractivity (Wildman–Crippen MR) is 45.4 cm³/mol. The molecule has 0 saturated heterocycles. The Morgan fingerprint density at radius 3 is 2.00 bits per heavy atom. The highest BCUT2D eigenvalue weighted by molar-refractivity contribution is 5.40. The lowest BCUT2D eigenvalue weighted by atomic mass is 9.78. The zero-order valence-electron chi connectivity index (χ0n) is 8.10. The first kappa shape index (κ1) is 13.4. The van der Waals surface area contributed by atoms with Crippen molar-refractivity contribution in [2.75, 3.05) is 0 Å². The van der Waals surface area contributed by atoms with Gasteiger partial charge in [0, 0.05) is 0 Å². The molecular weight excluding hydrogens is 252 g/mol. The first-order valence-electron chi connectivity index (χ1n) is 4.27. The van der Waals surface area contributed by atoms with Crippen LogP contribution in [0.1, 0.15) is 6.42 Å². The molecule has 0 bridgehead atoms. The van der Waals surface area contributed by atoms with Crippen molar-refractivity contribution in [3.63, 3.8) is 0 Å². The minimum atomic E-state index is -5.44. The van der Waals surface area contributed by atoms with Crippen LogP contribution in [0.25, 0.3) is 5.01 Å². The molecule has 17 heavy (non-hydrogen) atoms. The molecule has 0 saturated carbocycles. The Labute approximate surface area is 91.6 Å². The molecular formula is C9H6F6NO+. The molecule has 0 radical (unpaired) electrons. The first-order chi connectivity index (χ1) is 7.64. The van der Waals surface area contributed by atoms with E-state index in [4.69, 9.17) is 5.21 Å². The van der Waals surface area contributed by atoms with Crippen LogP contribution >= 0.6 is 0 Å². The molecule has 0 aromatic carbocycles. The van der Waals surface area contributed by atoms with E-state index in [9.17, 15) is 26.3 Å². The number of rotatable bonds is 0. The summed E-state index contributed by atoms with van der Waals surface area (Å²) < 4.78 is 75.1. The summed E-state index contributed by atoms with van der Waals surface area (Å²) in [7, 11) is 0. The third kappa shape index (κ3) is 2.23. The van der Waals surface area contributed by atoms with Crippen molar-refractivity contribution in [3.05, 3.63) is 28.8 Å². The molecule has 94 valence electrons. The van der Waals surface area contributed by atoms with Gasteiger partial charge in [-0.15, -0.1) is 0 Å². The molecule has 2 nitrogen and oxygen atoms in total. The Morgan fingerprint density at radius 2 is 1.71 bits per heavy atom. The van der Waals surface area contributed by atoms with E-state index in [2.05, 4.69) is 5.01 Å². The third-order valence-corrected chi connectivity index (χ3v) is 2.38. The molecule has 0 spiro atoms. The number of nitrogens with zero attached hydrogens (tertiary/aromatic N) is 1. The summed E-state index contributed by atoms with van der Waals surface area (Å²) in [5, 5.41) is 10.5. The van der Waals surface area contributed by atoms with Gasteiger partial charge in [-0.2, -0.15) is 31.5 Å². The highest BCUT2D eigenvalue weighted by atomic mass is 19.4. The Kier molecular flexibility index (Phi) is 3.14. The molecule has 0 aromatic rings. The van der Waals surface area contributed by atoms with Gasteiger partial charge in [0.1, 0.15) is 5.57 Å². The van der Waals surface area contributed by atoms with Crippen molar-refractivity contribution < 1.29 is 31.5 Å². The summed E-state index contributed by atoms with van der Waals surface area (Å²) >= 11 is 0. The maximum absolute atomic E-state index is 12.5. The van der Waals surface area contributed by atoms with Gasteiger partial charge < -0.3 is 0 Å². The fourth-order valence-corrected chi connectivity index (χ4v) is 1.36. The molecule has 0 fully saturated rings. The van der Waals surface area contributed by atoms with Crippen molar-refractivity contribution >= 4 is 0 Å². The number of halogens is 6. The van der Waals surface area contributed by atoms with Gasteiger partial charge >= 0.3 is 18.4 Å². The topological polar surface area (TPSA) is 24.6 Å². The second-order valence-electron chi connectivity index (χ2n) is 3.38. The second kappa shape index (κ2) is 3.98. The quantitative estimate of drug-likeness (QED) is 0.520. The second-order valence-corrected chi connectivity index (χ2v) is 3.38. The average molecular weight is 258 g/mol. The fourth-order valence-electron chi connectivity index (χ4n) is 1.36. The van der Waals surface area contributed by atoms with Crippen LogP contribution in [0.15, 0.2) is 23.8 Å². The number of allylic oxidation sites excluding steroid dienone is 4. The minimum absolute atomic E-state index is 0.0144. The molecule has 1 N–H and O–H groups in total. The molecule has 0 amide bonds. The summed E-state index contributed by atoms with van der Waals surface area (Å²) in [6, 6.07) is 1.85. The van der Waals surface area contributed by atoms with Gasteiger partial charge in [-0.25, -0.2) is 0 Å². The lowest BCUT2D eigenvalue weighted by Gasteiger charge is -2.35. The van der Waals surface area contributed by atoms with Gasteiger partial charge in [0.2, 0.25) is 5.01 Å². The van der Waals surface area contributed by atoms with Crippen LogP contribution in [0.4, 0.5) is 26.3 Å². The fraction of sp³-hybridized carbons (Fsp3) is 0.444. The van der Waals surface area contributed by atoms with Crippen molar-refractivity contribution in [1.82, 2.24) is 0 Å². The molecule has 0 aromatic heterocycles. The molecule has 0 unspecified atom stereocenters. The largest absolute Gasteiger partial charge is 0.406 e. The molecule has 0 aliphatic heterocycles. The summed E-state index contributed by atoms with van der Waals surface area (Å²) in [5.41, 5.74) is -4.03. The Bertz CT molecular complexity index is 405. The maximum atomic E-state index is 12.5. The van der Waals surface area contributed by atoms with Crippen LogP contribution in [0.5, 0.6) is 0 Å². The van der Waals surface area contributed by atoms with Crippen LogP contribution < -0.4 is 0 Å². The summed E-state index contributed by atoms with van der Waals surface area (Å²) in [5.74, 6) is 0. The van der Waals surface area contributed by atoms with E-state index in [-0.39, 0.29) is 11.6 Å². The average Bonchev–Trinajstić information content (AvgIpc) is 2.15. The number of hydrogen-bond acceptors (Lipinski definition) is 1. The van der Waals surface area contributed by atoms with Gasteiger partial charge in [-0.05, 0) is 12.5 Å². The minimum Gasteiger partial charge on any atom is -0.177 e. The Morgan fingerprint density at radius 1 is 1.18 bits per heavy atom. The van der Waals surface area contributed by atoms with E-state index in [0.717, 1.165) is 0 Å². The molecule has 0 heterocycles. The summed E-state index contributed by atoms with van der Waals surface area (Å²) in [6.45, 7) is 0. The van der Waals surface area contributed by atoms with E-state index in [1.165, 1.54) is 0 Å². The van der Waals surface area contributed by atoms with Crippen molar-refractivity contribution in [2.24, 2.45) is 5.41 Å². The van der Waals surface area contributed by atoms with Crippen LogP contribution in [-0.2, 0) is 0 Å². The van der Waals surface area contributed by atoms with Crippen LogP contribution in [0.3, 0.4) is 0 Å². The zero-order chi connectivity index (χ0) is 13.3. The van der Waals surface area contributed by atoms with Crippen molar-refractivity contribution in [2.45, 2.75) is 18.8 Å². The van der Waals surface area contributed by atoms with Gasteiger partial charge in [0.15, 0.2) is 5.41 Å². The van der Waals surface area contributed by atoms with E-state index in [1.807, 2.05) is 6.07 Å². The highest BCUT2D eigenvalue weighted by Crippen LogP contribution is 2.55. The highest BCUT2D eigenvalue weighted by Gasteiger charge is 2.68. The molecule has 1 aliphatic carbocycles.